The molecule has 0 aromatic heterocycles. The van der Waals surface area contributed by atoms with Gasteiger partial charge in [0.2, 0.25) is 5.91 Å². The standard InChI is InChI=1S/C10H13NO2.C10H15NO/c1-2-3-10(13)11-8-4-6-9(12)7-5-8;1-2-3-8-11-9-4-6-10(12)7-5-9/h4-7,12H,2-3H2,1H3,(H,11,13);4-7,11-12H,2-3,8H2,1H3. The lowest BCUT2D eigenvalue weighted by atomic mass is 10.2. The van der Waals surface area contributed by atoms with Crippen molar-refractivity contribution in [3.63, 3.8) is 0 Å². The van der Waals surface area contributed by atoms with Gasteiger partial charge in [-0.25, -0.2) is 0 Å². The maximum absolute atomic E-state index is 11.1. The number of carbonyl (C=O) groups is 1. The third-order valence-electron chi connectivity index (χ3n) is 3.35. The third kappa shape index (κ3) is 9.25. The summed E-state index contributed by atoms with van der Waals surface area (Å²) in [6, 6.07) is 13.6. The molecule has 0 saturated carbocycles. The van der Waals surface area contributed by atoms with E-state index >= 15 is 0 Å². The molecule has 0 aliphatic rings. The van der Waals surface area contributed by atoms with Crippen molar-refractivity contribution in [2.24, 2.45) is 0 Å². The number of aromatic hydroxyl groups is 2. The molecular weight excluding hydrogens is 316 g/mol. The molecule has 0 saturated heterocycles. The van der Waals surface area contributed by atoms with Crippen molar-refractivity contribution < 1.29 is 15.0 Å². The first kappa shape index (κ1) is 20.4. The molecule has 5 nitrogen and oxygen atoms in total. The van der Waals surface area contributed by atoms with E-state index in [9.17, 15) is 4.79 Å². The van der Waals surface area contributed by atoms with Gasteiger partial charge in [0.25, 0.3) is 0 Å². The van der Waals surface area contributed by atoms with Gasteiger partial charge in [0.15, 0.2) is 0 Å². The minimum atomic E-state index is 0.00758. The summed E-state index contributed by atoms with van der Waals surface area (Å²) in [5.41, 5.74) is 1.79. The number of anilines is 2. The van der Waals surface area contributed by atoms with Crippen LogP contribution in [0.5, 0.6) is 11.5 Å². The summed E-state index contributed by atoms with van der Waals surface area (Å²) < 4.78 is 0. The van der Waals surface area contributed by atoms with E-state index in [4.69, 9.17) is 10.2 Å². The van der Waals surface area contributed by atoms with E-state index in [-0.39, 0.29) is 11.7 Å². The molecular formula is C20H28N2O3. The van der Waals surface area contributed by atoms with E-state index < -0.39 is 0 Å². The Morgan fingerprint density at radius 3 is 1.84 bits per heavy atom. The third-order valence-corrected chi connectivity index (χ3v) is 3.35. The Labute approximate surface area is 149 Å². The number of carbonyl (C=O) groups excluding carboxylic acids is 1. The van der Waals surface area contributed by atoms with Crippen LogP contribution in [-0.4, -0.2) is 22.7 Å². The molecule has 0 spiro atoms. The van der Waals surface area contributed by atoms with Gasteiger partial charge in [0.05, 0.1) is 0 Å². The molecule has 0 heterocycles. The molecule has 0 fully saturated rings. The maximum atomic E-state index is 11.1. The molecule has 25 heavy (non-hydrogen) atoms. The summed E-state index contributed by atoms with van der Waals surface area (Å²) in [7, 11) is 0. The second-order valence-electron chi connectivity index (χ2n) is 5.67. The van der Waals surface area contributed by atoms with Gasteiger partial charge in [0.1, 0.15) is 11.5 Å². The number of hydrogen-bond donors (Lipinski definition) is 4. The highest BCUT2D eigenvalue weighted by atomic mass is 16.3. The van der Waals surface area contributed by atoms with Crippen LogP contribution in [0.25, 0.3) is 0 Å². The van der Waals surface area contributed by atoms with E-state index in [1.54, 1.807) is 36.4 Å². The lowest BCUT2D eigenvalue weighted by Crippen LogP contribution is -2.10. The Morgan fingerprint density at radius 1 is 0.840 bits per heavy atom. The Kier molecular flexibility index (Phi) is 9.60. The summed E-state index contributed by atoms with van der Waals surface area (Å²) in [4.78, 5) is 11.1. The van der Waals surface area contributed by atoms with Gasteiger partial charge in [-0.05, 0) is 61.4 Å². The van der Waals surface area contributed by atoms with Crippen LogP contribution in [0.1, 0.15) is 39.5 Å². The zero-order valence-electron chi connectivity index (χ0n) is 15.0. The van der Waals surface area contributed by atoms with Crippen LogP contribution in [0.4, 0.5) is 11.4 Å². The first-order chi connectivity index (χ1) is 12.0. The molecule has 5 heteroatoms. The van der Waals surface area contributed by atoms with E-state index in [2.05, 4.69) is 17.6 Å². The summed E-state index contributed by atoms with van der Waals surface area (Å²) in [6.07, 6.45) is 3.75. The maximum Gasteiger partial charge on any atom is 0.224 e. The summed E-state index contributed by atoms with van der Waals surface area (Å²) >= 11 is 0. The van der Waals surface area contributed by atoms with E-state index in [0.29, 0.717) is 12.2 Å². The van der Waals surface area contributed by atoms with Crippen LogP contribution < -0.4 is 10.6 Å². The second-order valence-corrected chi connectivity index (χ2v) is 5.67. The molecule has 2 aromatic carbocycles. The zero-order valence-corrected chi connectivity index (χ0v) is 15.0. The van der Waals surface area contributed by atoms with Gasteiger partial charge < -0.3 is 20.8 Å². The highest BCUT2D eigenvalue weighted by molar-refractivity contribution is 5.90. The average Bonchev–Trinajstić information content (AvgIpc) is 2.60. The summed E-state index contributed by atoms with van der Waals surface area (Å²) in [5.74, 6) is 0.526. The molecule has 0 atom stereocenters. The highest BCUT2D eigenvalue weighted by Gasteiger charge is 1.99. The molecule has 0 aliphatic heterocycles. The van der Waals surface area contributed by atoms with Crippen molar-refractivity contribution in [2.75, 3.05) is 17.2 Å². The van der Waals surface area contributed by atoms with Gasteiger partial charge in [-0.1, -0.05) is 20.3 Å². The monoisotopic (exact) mass is 344 g/mol. The first-order valence-corrected chi connectivity index (χ1v) is 8.67. The smallest absolute Gasteiger partial charge is 0.224 e. The fraction of sp³-hybridized carbons (Fsp3) is 0.350. The number of unbranched alkanes of at least 4 members (excludes halogenated alkanes) is 1. The minimum absolute atomic E-state index is 0.00758. The summed E-state index contributed by atoms with van der Waals surface area (Å²) in [5, 5.41) is 24.0. The second kappa shape index (κ2) is 11.8. The predicted octanol–water partition coefficient (Wildman–Crippen LogP) is 4.74. The quantitative estimate of drug-likeness (QED) is 0.432. The fourth-order valence-electron chi connectivity index (χ4n) is 1.98. The molecule has 0 radical (unpaired) electrons. The van der Waals surface area contributed by atoms with Gasteiger partial charge >= 0.3 is 0 Å². The predicted molar refractivity (Wildman–Crippen MR) is 103 cm³/mol. The van der Waals surface area contributed by atoms with E-state index in [0.717, 1.165) is 24.3 Å². The van der Waals surface area contributed by atoms with Crippen LogP contribution in [-0.2, 0) is 4.79 Å². The number of phenolic OH excluding ortho intramolecular Hbond substituents is 2. The minimum Gasteiger partial charge on any atom is -0.508 e. The largest absolute Gasteiger partial charge is 0.508 e. The van der Waals surface area contributed by atoms with Crippen molar-refractivity contribution in [2.45, 2.75) is 39.5 Å². The van der Waals surface area contributed by atoms with Crippen molar-refractivity contribution in [1.29, 1.82) is 0 Å². The molecule has 4 N–H and O–H groups in total. The number of amides is 1. The Hall–Kier alpha value is -2.69. The van der Waals surface area contributed by atoms with E-state index in [1.807, 2.05) is 19.1 Å². The van der Waals surface area contributed by atoms with E-state index in [1.165, 1.54) is 12.8 Å². The molecule has 0 aliphatic carbocycles. The topological polar surface area (TPSA) is 81.6 Å². The van der Waals surface area contributed by atoms with Crippen LogP contribution in [0, 0.1) is 0 Å². The normalized spacial score (nSPS) is 9.68. The molecule has 0 unspecified atom stereocenters. The fourth-order valence-corrected chi connectivity index (χ4v) is 1.98. The summed E-state index contributed by atoms with van der Waals surface area (Å²) in [6.45, 7) is 5.12. The lowest BCUT2D eigenvalue weighted by Gasteiger charge is -2.04. The molecule has 0 bridgehead atoms. The van der Waals surface area contributed by atoms with Crippen LogP contribution in [0.3, 0.4) is 0 Å². The van der Waals surface area contributed by atoms with Gasteiger partial charge in [-0.3, -0.25) is 4.79 Å². The Bertz CT molecular complexity index is 610. The van der Waals surface area contributed by atoms with Crippen molar-refractivity contribution in [3.05, 3.63) is 48.5 Å². The van der Waals surface area contributed by atoms with Gasteiger partial charge in [-0.15, -0.1) is 0 Å². The Balaban J connectivity index is 0.000000251. The first-order valence-electron chi connectivity index (χ1n) is 8.67. The molecule has 136 valence electrons. The zero-order chi connectivity index (χ0) is 18.5. The molecule has 2 rings (SSSR count). The number of rotatable bonds is 7. The number of phenols is 2. The van der Waals surface area contributed by atoms with Crippen LogP contribution >= 0.6 is 0 Å². The molecule has 2 aromatic rings. The SMILES string of the molecule is CCCC(=O)Nc1ccc(O)cc1.CCCCNc1ccc(O)cc1. The van der Waals surface area contributed by atoms with Crippen molar-refractivity contribution >= 4 is 17.3 Å². The van der Waals surface area contributed by atoms with Gasteiger partial charge in [-0.2, -0.15) is 0 Å². The average molecular weight is 344 g/mol. The lowest BCUT2D eigenvalue weighted by molar-refractivity contribution is -0.116. The number of benzene rings is 2. The van der Waals surface area contributed by atoms with Crippen LogP contribution in [0.15, 0.2) is 48.5 Å². The molecule has 1 amide bonds. The van der Waals surface area contributed by atoms with Crippen molar-refractivity contribution in [1.82, 2.24) is 0 Å². The van der Waals surface area contributed by atoms with Crippen LogP contribution in [0.2, 0.25) is 0 Å². The number of hydrogen-bond acceptors (Lipinski definition) is 4. The Morgan fingerprint density at radius 2 is 1.36 bits per heavy atom. The van der Waals surface area contributed by atoms with Gasteiger partial charge in [0, 0.05) is 24.3 Å². The number of nitrogens with one attached hydrogen (secondary N) is 2. The highest BCUT2D eigenvalue weighted by Crippen LogP contribution is 2.14. The van der Waals surface area contributed by atoms with Crippen molar-refractivity contribution in [3.8, 4) is 11.5 Å².